The maximum absolute atomic E-state index is 12.3. The van der Waals surface area contributed by atoms with Crippen LogP contribution in [-0.2, 0) is 24.3 Å². The van der Waals surface area contributed by atoms with Crippen molar-refractivity contribution in [1.82, 2.24) is 26.1 Å². The largest absolute Gasteiger partial charge is 0.418 e. The van der Waals surface area contributed by atoms with Crippen molar-refractivity contribution in [2.75, 3.05) is 19.6 Å². The molecule has 2 bridgehead atoms. The number of nitrogens with zero attached hydrogens (tertiary/aromatic N) is 2. The average Bonchev–Trinajstić information content (AvgIpc) is 3.16. The number of carbonyl (C=O) groups is 3. The normalized spacial score (nSPS) is 29.0. The van der Waals surface area contributed by atoms with E-state index in [4.69, 9.17) is 4.55 Å². The van der Waals surface area contributed by atoms with Gasteiger partial charge in [-0.3, -0.25) is 25.0 Å². The number of piperidine rings is 1. The summed E-state index contributed by atoms with van der Waals surface area (Å²) in [7, 11) is -4.83. The molecule has 0 aliphatic carbocycles. The van der Waals surface area contributed by atoms with Gasteiger partial charge in [-0.05, 0) is 25.8 Å². The molecular weight excluding hydrogens is 358 g/mol. The molecule has 140 valence electrons. The summed E-state index contributed by atoms with van der Waals surface area (Å²) in [5, 5.41) is 3.60. The first-order chi connectivity index (χ1) is 11.8. The van der Waals surface area contributed by atoms with Crippen molar-refractivity contribution in [1.29, 1.82) is 0 Å². The molecule has 13 heteroatoms. The molecule has 4 N–H and O–H groups in total. The molecule has 3 rings (SSSR count). The molecule has 3 unspecified atom stereocenters. The lowest BCUT2D eigenvalue weighted by Crippen LogP contribution is -2.55. The van der Waals surface area contributed by atoms with Crippen LogP contribution in [0.4, 0.5) is 4.79 Å². The topological polar surface area (TPSA) is 157 Å². The Morgan fingerprint density at radius 2 is 1.92 bits per heavy atom. The van der Waals surface area contributed by atoms with Crippen LogP contribution in [0.25, 0.3) is 0 Å². The molecule has 3 fully saturated rings. The van der Waals surface area contributed by atoms with Crippen LogP contribution < -0.4 is 16.2 Å². The Kier molecular flexibility index (Phi) is 4.81. The van der Waals surface area contributed by atoms with Crippen molar-refractivity contribution in [3.05, 3.63) is 0 Å². The molecular formula is C12H19N5O7S. The zero-order valence-corrected chi connectivity index (χ0v) is 14.0. The molecule has 4 amide bonds. The van der Waals surface area contributed by atoms with Crippen LogP contribution in [0.1, 0.15) is 19.3 Å². The first-order valence-corrected chi connectivity index (χ1v) is 9.20. The van der Waals surface area contributed by atoms with Crippen molar-refractivity contribution in [2.45, 2.75) is 31.3 Å². The van der Waals surface area contributed by atoms with Gasteiger partial charge in [0.1, 0.15) is 6.04 Å². The van der Waals surface area contributed by atoms with E-state index in [0.29, 0.717) is 24.4 Å². The Labute approximate surface area is 143 Å². The Balaban J connectivity index is 1.57. The van der Waals surface area contributed by atoms with Crippen LogP contribution >= 0.6 is 0 Å². The van der Waals surface area contributed by atoms with Crippen LogP contribution in [-0.4, -0.2) is 72.5 Å². The molecule has 25 heavy (non-hydrogen) atoms. The van der Waals surface area contributed by atoms with E-state index < -0.39 is 34.4 Å². The number of hydrogen-bond acceptors (Lipinski definition) is 7. The summed E-state index contributed by atoms with van der Waals surface area (Å²) in [6.07, 6.45) is 1.27. The standard InChI is InChI=1S/C12H19N5O7S/c18-10(7-3-4-13-5-7)14-15-11(19)9-2-1-8-6-16(9)12(20)17(8)24-25(21,22)23/h7-9,13H,1-6H2,(H,14,18)(H,15,19)(H,21,22,23). The second-order valence-corrected chi connectivity index (χ2v) is 7.18. The summed E-state index contributed by atoms with van der Waals surface area (Å²) in [6, 6.07) is -2.26. The summed E-state index contributed by atoms with van der Waals surface area (Å²) >= 11 is 0. The molecule has 0 aromatic heterocycles. The zero-order chi connectivity index (χ0) is 18.2. The van der Waals surface area contributed by atoms with Gasteiger partial charge in [0.15, 0.2) is 0 Å². The summed E-state index contributed by atoms with van der Waals surface area (Å²) in [5.41, 5.74) is 4.66. The molecule has 3 aliphatic rings. The number of amides is 4. The number of hydroxylamine groups is 2. The third-order valence-corrected chi connectivity index (χ3v) is 4.89. The molecule has 3 aliphatic heterocycles. The molecule has 0 aromatic carbocycles. The lowest BCUT2D eigenvalue weighted by Gasteiger charge is -2.29. The summed E-state index contributed by atoms with van der Waals surface area (Å²) in [4.78, 5) is 37.5. The minimum absolute atomic E-state index is 0.0902. The quantitative estimate of drug-likeness (QED) is 0.316. The van der Waals surface area contributed by atoms with Crippen LogP contribution in [0.5, 0.6) is 0 Å². The Morgan fingerprint density at radius 3 is 2.56 bits per heavy atom. The summed E-state index contributed by atoms with van der Waals surface area (Å²) < 4.78 is 34.7. The van der Waals surface area contributed by atoms with Gasteiger partial charge in [-0.15, -0.1) is 4.28 Å². The monoisotopic (exact) mass is 377 g/mol. The molecule has 0 aromatic rings. The fourth-order valence-corrected chi connectivity index (χ4v) is 3.68. The number of hydrazine groups is 1. The van der Waals surface area contributed by atoms with Gasteiger partial charge < -0.3 is 10.2 Å². The second kappa shape index (κ2) is 6.74. The van der Waals surface area contributed by atoms with Crippen molar-refractivity contribution < 1.29 is 31.6 Å². The number of rotatable bonds is 4. The predicted molar refractivity (Wildman–Crippen MR) is 80.6 cm³/mol. The SMILES string of the molecule is O=C(NNC(=O)C1CCC2CN1C(=O)N2OS(=O)(=O)O)C1CCNC1. The van der Waals surface area contributed by atoms with Gasteiger partial charge in [-0.2, -0.15) is 13.5 Å². The van der Waals surface area contributed by atoms with Gasteiger partial charge in [0.2, 0.25) is 5.91 Å². The van der Waals surface area contributed by atoms with Crippen molar-refractivity contribution in [3.63, 3.8) is 0 Å². The van der Waals surface area contributed by atoms with Crippen molar-refractivity contribution in [2.24, 2.45) is 5.92 Å². The van der Waals surface area contributed by atoms with Gasteiger partial charge in [0.05, 0.1) is 12.0 Å². The predicted octanol–water partition coefficient (Wildman–Crippen LogP) is -2.25. The highest BCUT2D eigenvalue weighted by atomic mass is 32.3. The fourth-order valence-electron chi connectivity index (χ4n) is 3.29. The molecule has 0 spiro atoms. The molecule has 0 saturated carbocycles. The molecule has 0 radical (unpaired) electrons. The van der Waals surface area contributed by atoms with Gasteiger partial charge in [-0.1, -0.05) is 0 Å². The highest BCUT2D eigenvalue weighted by Gasteiger charge is 2.49. The van der Waals surface area contributed by atoms with Crippen LogP contribution in [0.3, 0.4) is 0 Å². The van der Waals surface area contributed by atoms with E-state index in [2.05, 4.69) is 20.5 Å². The Morgan fingerprint density at radius 1 is 1.20 bits per heavy atom. The Hall–Kier alpha value is -1.96. The average molecular weight is 377 g/mol. The van der Waals surface area contributed by atoms with Crippen LogP contribution in [0, 0.1) is 5.92 Å². The molecule has 3 heterocycles. The van der Waals surface area contributed by atoms with Gasteiger partial charge in [0, 0.05) is 13.1 Å². The van der Waals surface area contributed by atoms with E-state index in [1.807, 2.05) is 0 Å². The second-order valence-electron chi connectivity index (χ2n) is 6.18. The maximum atomic E-state index is 12.3. The maximum Gasteiger partial charge on any atom is 0.418 e. The highest BCUT2D eigenvalue weighted by molar-refractivity contribution is 7.80. The number of nitrogens with one attached hydrogen (secondary N) is 3. The van der Waals surface area contributed by atoms with Crippen LogP contribution in [0.15, 0.2) is 0 Å². The van der Waals surface area contributed by atoms with E-state index in [1.165, 1.54) is 0 Å². The van der Waals surface area contributed by atoms with E-state index in [9.17, 15) is 22.8 Å². The minimum atomic E-state index is -4.83. The van der Waals surface area contributed by atoms with Gasteiger partial charge in [-0.25, -0.2) is 4.79 Å². The summed E-state index contributed by atoms with van der Waals surface area (Å²) in [6.45, 7) is 1.37. The first kappa shape index (κ1) is 17.8. The van der Waals surface area contributed by atoms with Gasteiger partial charge in [0.25, 0.3) is 5.91 Å². The van der Waals surface area contributed by atoms with E-state index in [-0.39, 0.29) is 24.8 Å². The van der Waals surface area contributed by atoms with E-state index in [0.717, 1.165) is 11.4 Å². The van der Waals surface area contributed by atoms with Crippen molar-refractivity contribution in [3.8, 4) is 0 Å². The third-order valence-electron chi connectivity index (χ3n) is 4.54. The summed E-state index contributed by atoms with van der Waals surface area (Å²) in [5.74, 6) is -1.10. The van der Waals surface area contributed by atoms with E-state index >= 15 is 0 Å². The van der Waals surface area contributed by atoms with Crippen LogP contribution in [0.2, 0.25) is 0 Å². The number of urea groups is 1. The highest BCUT2D eigenvalue weighted by Crippen LogP contribution is 2.30. The zero-order valence-electron chi connectivity index (χ0n) is 13.2. The van der Waals surface area contributed by atoms with Crippen molar-refractivity contribution >= 4 is 28.2 Å². The minimum Gasteiger partial charge on any atom is -0.316 e. The Bertz CT molecular complexity index is 677. The number of fused-ring (bicyclic) bond motifs is 2. The lowest BCUT2D eigenvalue weighted by molar-refractivity contribution is -0.133. The van der Waals surface area contributed by atoms with Gasteiger partial charge >= 0.3 is 16.4 Å². The number of hydrogen-bond donors (Lipinski definition) is 4. The molecule has 3 atom stereocenters. The lowest BCUT2D eigenvalue weighted by atomic mass is 10.0. The van der Waals surface area contributed by atoms with E-state index in [1.54, 1.807) is 0 Å². The fraction of sp³-hybridized carbons (Fsp3) is 0.750. The first-order valence-electron chi connectivity index (χ1n) is 7.83. The molecule has 3 saturated heterocycles. The third kappa shape index (κ3) is 3.84. The number of carbonyl (C=O) groups excluding carboxylic acids is 3. The smallest absolute Gasteiger partial charge is 0.316 e. The molecule has 12 nitrogen and oxygen atoms in total.